The summed E-state index contributed by atoms with van der Waals surface area (Å²) in [7, 11) is 4.09. The van der Waals surface area contributed by atoms with Gasteiger partial charge in [-0.2, -0.15) is 0 Å². The van der Waals surface area contributed by atoms with Crippen molar-refractivity contribution in [1.29, 1.82) is 0 Å². The normalized spacial score (nSPS) is 13.2. The van der Waals surface area contributed by atoms with E-state index < -0.39 is 0 Å². The molecule has 0 amide bonds. The molecule has 0 aliphatic heterocycles. The van der Waals surface area contributed by atoms with Crippen molar-refractivity contribution in [2.75, 3.05) is 27.2 Å². The molecule has 29 heavy (non-hydrogen) atoms. The largest absolute Gasteiger partial charge is 0.508 e. The van der Waals surface area contributed by atoms with Crippen molar-refractivity contribution < 1.29 is 9.84 Å². The van der Waals surface area contributed by atoms with Crippen LogP contribution in [0.1, 0.15) is 41.9 Å². The first-order valence-corrected chi connectivity index (χ1v) is 10.3. The minimum absolute atomic E-state index is 0.207. The van der Waals surface area contributed by atoms with Crippen molar-refractivity contribution in [3.8, 4) is 11.5 Å². The summed E-state index contributed by atoms with van der Waals surface area (Å²) in [5.41, 5.74) is 3.80. The predicted molar refractivity (Wildman–Crippen MR) is 120 cm³/mol. The van der Waals surface area contributed by atoms with Gasteiger partial charge in [0.15, 0.2) is 0 Å². The van der Waals surface area contributed by atoms with Gasteiger partial charge in [0.05, 0.1) is 0 Å². The number of phenols is 1. The first-order valence-electron chi connectivity index (χ1n) is 10.3. The van der Waals surface area contributed by atoms with Gasteiger partial charge in [-0.3, -0.25) is 0 Å². The number of rotatable bonds is 9. The molecule has 152 valence electrons. The van der Waals surface area contributed by atoms with Crippen LogP contribution < -0.4 is 4.74 Å². The summed E-state index contributed by atoms with van der Waals surface area (Å²) in [5, 5.41) is 9.76. The summed E-state index contributed by atoms with van der Waals surface area (Å²) < 4.78 is 5.87. The Balaban J connectivity index is 1.91. The summed E-state index contributed by atoms with van der Waals surface area (Å²) in [5.74, 6) is 1.75. The average Bonchev–Trinajstić information content (AvgIpc) is 2.74. The number of ether oxygens (including phenoxy) is 1. The smallest absolute Gasteiger partial charge is 0.119 e. The lowest BCUT2D eigenvalue weighted by atomic mass is 9.76. The van der Waals surface area contributed by atoms with Gasteiger partial charge in [0.2, 0.25) is 0 Å². The number of nitrogens with zero attached hydrogens (tertiary/aromatic N) is 1. The van der Waals surface area contributed by atoms with Gasteiger partial charge in [-0.25, -0.2) is 0 Å². The standard InChI is InChI=1S/C26H31NO2/c1-4-25(20-8-6-5-7-9-20)26(21-10-14-23(28)15-11-21)22-12-16-24(17-13-22)29-19-18-27(2)3/h5-17,25-26,28H,4,18-19H2,1-3H3/t25-,26+/m1/s1. The van der Waals surface area contributed by atoms with Gasteiger partial charge in [-0.15, -0.1) is 0 Å². The number of aromatic hydroxyl groups is 1. The molecule has 3 heteroatoms. The lowest BCUT2D eigenvalue weighted by Crippen LogP contribution is -2.19. The monoisotopic (exact) mass is 389 g/mol. The molecule has 3 aromatic carbocycles. The molecular weight excluding hydrogens is 358 g/mol. The lowest BCUT2D eigenvalue weighted by molar-refractivity contribution is 0.261. The van der Waals surface area contributed by atoms with E-state index in [1.807, 2.05) is 26.2 Å². The van der Waals surface area contributed by atoms with E-state index in [1.54, 1.807) is 12.1 Å². The highest BCUT2D eigenvalue weighted by Gasteiger charge is 2.25. The fourth-order valence-corrected chi connectivity index (χ4v) is 3.82. The average molecular weight is 390 g/mol. The Morgan fingerprint density at radius 2 is 1.38 bits per heavy atom. The molecule has 0 fully saturated rings. The maximum atomic E-state index is 9.76. The first kappa shape index (κ1) is 20.9. The molecule has 0 unspecified atom stereocenters. The van der Waals surface area contributed by atoms with Crippen molar-refractivity contribution in [2.45, 2.75) is 25.2 Å². The van der Waals surface area contributed by atoms with Crippen LogP contribution in [-0.2, 0) is 0 Å². The highest BCUT2D eigenvalue weighted by atomic mass is 16.5. The van der Waals surface area contributed by atoms with Crippen LogP contribution in [0.15, 0.2) is 78.9 Å². The van der Waals surface area contributed by atoms with Crippen LogP contribution in [0.3, 0.4) is 0 Å². The molecule has 0 heterocycles. The van der Waals surface area contributed by atoms with E-state index in [4.69, 9.17) is 4.74 Å². The van der Waals surface area contributed by atoms with Gasteiger partial charge in [-0.1, -0.05) is 61.5 Å². The van der Waals surface area contributed by atoms with Crippen molar-refractivity contribution in [3.05, 3.63) is 95.6 Å². The van der Waals surface area contributed by atoms with Crippen LogP contribution in [-0.4, -0.2) is 37.3 Å². The zero-order valence-corrected chi connectivity index (χ0v) is 17.6. The van der Waals surface area contributed by atoms with Crippen LogP contribution in [0.4, 0.5) is 0 Å². The van der Waals surface area contributed by atoms with Gasteiger partial charge in [0, 0.05) is 12.5 Å². The first-order chi connectivity index (χ1) is 14.1. The van der Waals surface area contributed by atoms with Crippen molar-refractivity contribution in [1.82, 2.24) is 4.90 Å². The Hall–Kier alpha value is -2.78. The Morgan fingerprint density at radius 1 is 0.793 bits per heavy atom. The molecule has 3 nitrogen and oxygen atoms in total. The van der Waals surface area contributed by atoms with Gasteiger partial charge >= 0.3 is 0 Å². The van der Waals surface area contributed by atoms with Gasteiger partial charge < -0.3 is 14.7 Å². The highest BCUT2D eigenvalue weighted by molar-refractivity contribution is 5.41. The molecule has 0 aliphatic rings. The van der Waals surface area contributed by atoms with Gasteiger partial charge in [0.1, 0.15) is 18.1 Å². The Labute approximate surface area is 174 Å². The van der Waals surface area contributed by atoms with E-state index in [-0.39, 0.29) is 5.92 Å². The van der Waals surface area contributed by atoms with E-state index in [9.17, 15) is 5.11 Å². The maximum Gasteiger partial charge on any atom is 0.119 e. The fraction of sp³-hybridized carbons (Fsp3) is 0.308. The van der Waals surface area contributed by atoms with E-state index in [0.717, 1.165) is 18.7 Å². The summed E-state index contributed by atoms with van der Waals surface area (Å²) in [4.78, 5) is 2.11. The molecule has 0 bridgehead atoms. The third-order valence-corrected chi connectivity index (χ3v) is 5.37. The van der Waals surface area contributed by atoms with Crippen molar-refractivity contribution in [2.24, 2.45) is 0 Å². The summed E-state index contributed by atoms with van der Waals surface area (Å²) in [6.45, 7) is 3.81. The lowest BCUT2D eigenvalue weighted by Gasteiger charge is -2.28. The Morgan fingerprint density at radius 3 is 1.93 bits per heavy atom. The topological polar surface area (TPSA) is 32.7 Å². The number of hydrogen-bond acceptors (Lipinski definition) is 3. The number of phenolic OH excluding ortho intramolecular Hbond substituents is 1. The number of hydrogen-bond donors (Lipinski definition) is 1. The quantitative estimate of drug-likeness (QED) is 0.513. The van der Waals surface area contributed by atoms with Crippen LogP contribution in [0, 0.1) is 0 Å². The molecule has 0 aliphatic carbocycles. The molecule has 0 spiro atoms. The molecule has 3 aromatic rings. The Bertz CT molecular complexity index is 857. The van der Waals surface area contributed by atoms with Gasteiger partial charge in [-0.05, 0) is 67.4 Å². The zero-order chi connectivity index (χ0) is 20.6. The molecule has 0 radical (unpaired) electrons. The van der Waals surface area contributed by atoms with Gasteiger partial charge in [0.25, 0.3) is 0 Å². The molecule has 2 atom stereocenters. The van der Waals surface area contributed by atoms with Crippen LogP contribution in [0.25, 0.3) is 0 Å². The maximum absolute atomic E-state index is 9.76. The summed E-state index contributed by atoms with van der Waals surface area (Å²) in [6.07, 6.45) is 1.02. The second-order valence-corrected chi connectivity index (χ2v) is 7.72. The van der Waals surface area contributed by atoms with Crippen LogP contribution in [0.5, 0.6) is 11.5 Å². The fourth-order valence-electron chi connectivity index (χ4n) is 3.82. The van der Waals surface area contributed by atoms with Crippen LogP contribution in [0.2, 0.25) is 0 Å². The minimum atomic E-state index is 0.207. The third kappa shape index (κ3) is 5.61. The second-order valence-electron chi connectivity index (χ2n) is 7.72. The van der Waals surface area contributed by atoms with Crippen molar-refractivity contribution in [3.63, 3.8) is 0 Å². The molecule has 0 aromatic heterocycles. The molecule has 3 rings (SSSR count). The van der Waals surface area contributed by atoms with Crippen molar-refractivity contribution >= 4 is 0 Å². The predicted octanol–water partition coefficient (Wildman–Crippen LogP) is 5.66. The number of benzene rings is 3. The zero-order valence-electron chi connectivity index (χ0n) is 17.6. The van der Waals surface area contributed by atoms with E-state index in [0.29, 0.717) is 18.3 Å². The SMILES string of the molecule is CC[C@H](c1ccccc1)[C@@H](c1ccc(O)cc1)c1ccc(OCCN(C)C)cc1. The highest BCUT2D eigenvalue weighted by Crippen LogP contribution is 2.41. The van der Waals surface area contributed by atoms with E-state index >= 15 is 0 Å². The number of likely N-dealkylation sites (N-methyl/N-ethyl adjacent to an activating group) is 1. The molecule has 1 N–H and O–H groups in total. The van der Waals surface area contributed by atoms with Crippen LogP contribution >= 0.6 is 0 Å². The van der Waals surface area contributed by atoms with E-state index in [2.05, 4.69) is 66.4 Å². The molecule has 0 saturated carbocycles. The minimum Gasteiger partial charge on any atom is -0.508 e. The van der Waals surface area contributed by atoms with E-state index in [1.165, 1.54) is 16.7 Å². The Kier molecular flexibility index (Phi) is 7.31. The molecule has 0 saturated heterocycles. The second kappa shape index (κ2) is 10.1. The third-order valence-electron chi connectivity index (χ3n) is 5.37. The molecular formula is C26H31NO2. The summed E-state index contributed by atoms with van der Waals surface area (Å²) >= 11 is 0. The summed E-state index contributed by atoms with van der Waals surface area (Å²) in [6, 6.07) is 26.8.